The maximum atomic E-state index is 12.2. The molecule has 0 saturated carbocycles. The molecule has 0 fully saturated rings. The Morgan fingerprint density at radius 3 is 2.70 bits per heavy atom. The van der Waals surface area contributed by atoms with Gasteiger partial charge in [-0.1, -0.05) is 30.3 Å². The summed E-state index contributed by atoms with van der Waals surface area (Å²) in [4.78, 5) is 12.8. The summed E-state index contributed by atoms with van der Waals surface area (Å²) >= 11 is 3.06. The molecule has 0 saturated heterocycles. The Morgan fingerprint density at radius 2 is 2.00 bits per heavy atom. The van der Waals surface area contributed by atoms with Crippen LogP contribution in [0.2, 0.25) is 0 Å². The number of benzene rings is 1. The molecule has 3 rings (SSSR count). The summed E-state index contributed by atoms with van der Waals surface area (Å²) < 4.78 is 2.21. The van der Waals surface area contributed by atoms with Gasteiger partial charge in [0.25, 0.3) is 5.91 Å². The second-order valence-corrected chi connectivity index (χ2v) is 6.24. The van der Waals surface area contributed by atoms with E-state index in [1.54, 1.807) is 11.3 Å². The molecule has 1 atom stereocenters. The Morgan fingerprint density at radius 1 is 1.20 bits per heavy atom. The first-order valence-electron chi connectivity index (χ1n) is 6.00. The van der Waals surface area contributed by atoms with Crippen molar-refractivity contribution < 1.29 is 4.79 Å². The predicted molar refractivity (Wildman–Crippen MR) is 82.0 cm³/mol. The fourth-order valence-electron chi connectivity index (χ4n) is 1.92. The van der Waals surface area contributed by atoms with Gasteiger partial charge in [0.1, 0.15) is 6.04 Å². The number of nitrogens with one attached hydrogen (secondary N) is 1. The molecule has 20 heavy (non-hydrogen) atoms. The average Bonchev–Trinajstić information content (AvgIpc) is 3.06. The van der Waals surface area contributed by atoms with E-state index >= 15 is 0 Å². The minimum absolute atomic E-state index is 0.200. The van der Waals surface area contributed by atoms with Crippen molar-refractivity contribution in [2.75, 3.05) is 0 Å². The second-order valence-electron chi connectivity index (χ2n) is 4.21. The quantitative estimate of drug-likeness (QED) is 0.795. The number of hydrogen-bond acceptors (Lipinski definition) is 4. The van der Waals surface area contributed by atoms with E-state index in [2.05, 4.69) is 11.4 Å². The van der Waals surface area contributed by atoms with E-state index in [9.17, 15) is 10.1 Å². The van der Waals surface area contributed by atoms with Crippen LogP contribution in [-0.2, 0) is 0 Å². The largest absolute Gasteiger partial charge is 0.332 e. The molecule has 0 spiro atoms. The van der Waals surface area contributed by atoms with Crippen molar-refractivity contribution in [3.63, 3.8) is 0 Å². The second kappa shape index (κ2) is 5.45. The van der Waals surface area contributed by atoms with Gasteiger partial charge in [0.2, 0.25) is 0 Å². The smallest absolute Gasteiger partial charge is 0.262 e. The first-order valence-corrected chi connectivity index (χ1v) is 7.70. The molecule has 5 heteroatoms. The van der Waals surface area contributed by atoms with E-state index in [0.717, 1.165) is 15.0 Å². The number of amides is 1. The highest BCUT2D eigenvalue weighted by molar-refractivity contribution is 7.27. The first-order chi connectivity index (χ1) is 9.78. The molecule has 2 aromatic heterocycles. The molecule has 0 aliphatic carbocycles. The third-order valence-corrected chi connectivity index (χ3v) is 4.99. The minimum atomic E-state index is -0.621. The van der Waals surface area contributed by atoms with Crippen LogP contribution in [0, 0.1) is 11.3 Å². The maximum Gasteiger partial charge on any atom is 0.262 e. The zero-order valence-electron chi connectivity index (χ0n) is 10.4. The van der Waals surface area contributed by atoms with Gasteiger partial charge in [-0.25, -0.2) is 0 Å². The minimum Gasteiger partial charge on any atom is -0.332 e. The van der Waals surface area contributed by atoms with Crippen molar-refractivity contribution >= 4 is 38.0 Å². The molecular formula is C15H10N2OS2. The van der Waals surface area contributed by atoms with Gasteiger partial charge >= 0.3 is 0 Å². The summed E-state index contributed by atoms with van der Waals surface area (Å²) in [7, 11) is 0. The van der Waals surface area contributed by atoms with Crippen LogP contribution in [0.3, 0.4) is 0 Å². The van der Waals surface area contributed by atoms with Crippen LogP contribution in [0.15, 0.2) is 47.8 Å². The zero-order valence-corrected chi connectivity index (χ0v) is 12.0. The molecular weight excluding hydrogens is 288 g/mol. The van der Waals surface area contributed by atoms with Crippen molar-refractivity contribution in [3.8, 4) is 6.07 Å². The summed E-state index contributed by atoms with van der Waals surface area (Å²) in [5, 5.41) is 14.0. The van der Waals surface area contributed by atoms with E-state index in [0.29, 0.717) is 4.88 Å². The molecule has 1 unspecified atom stereocenters. The number of hydrogen-bond donors (Lipinski definition) is 1. The summed E-state index contributed by atoms with van der Waals surface area (Å²) in [6.45, 7) is 0. The van der Waals surface area contributed by atoms with Gasteiger partial charge in [0.05, 0.1) is 10.9 Å². The highest BCUT2D eigenvalue weighted by Gasteiger charge is 2.17. The van der Waals surface area contributed by atoms with Crippen molar-refractivity contribution in [2.24, 2.45) is 0 Å². The number of thiophene rings is 2. The Hall–Kier alpha value is -2.16. The number of fused-ring (bicyclic) bond motifs is 1. The Balaban J connectivity index is 1.81. The third kappa shape index (κ3) is 2.44. The molecule has 0 radical (unpaired) electrons. The monoisotopic (exact) mass is 298 g/mol. The van der Waals surface area contributed by atoms with Crippen LogP contribution in [0.5, 0.6) is 0 Å². The highest BCUT2D eigenvalue weighted by atomic mass is 32.1. The zero-order chi connectivity index (χ0) is 13.9. The lowest BCUT2D eigenvalue weighted by atomic mass is 10.1. The van der Waals surface area contributed by atoms with Crippen molar-refractivity contribution in [1.29, 1.82) is 5.26 Å². The Bertz CT molecular complexity index is 754. The molecule has 3 nitrogen and oxygen atoms in total. The van der Waals surface area contributed by atoms with Crippen LogP contribution in [0.1, 0.15) is 21.3 Å². The average molecular weight is 298 g/mol. The lowest BCUT2D eigenvalue weighted by Crippen LogP contribution is -2.26. The Labute approximate surface area is 124 Å². The van der Waals surface area contributed by atoms with Gasteiger partial charge < -0.3 is 5.32 Å². The maximum absolute atomic E-state index is 12.2. The van der Waals surface area contributed by atoms with E-state index in [-0.39, 0.29) is 5.91 Å². The van der Waals surface area contributed by atoms with Gasteiger partial charge in [-0.05, 0) is 23.1 Å². The van der Waals surface area contributed by atoms with E-state index in [1.165, 1.54) is 11.3 Å². The van der Waals surface area contributed by atoms with Crippen LogP contribution in [0.4, 0.5) is 0 Å². The number of rotatable bonds is 3. The van der Waals surface area contributed by atoms with Gasteiger partial charge in [0, 0.05) is 9.40 Å². The SMILES string of the molecule is N#CC(NC(=O)c1cc2sccc2s1)c1ccccc1. The Kier molecular flexibility index (Phi) is 3.50. The summed E-state index contributed by atoms with van der Waals surface area (Å²) in [5.41, 5.74) is 0.793. The first kappa shape index (κ1) is 12.9. The fraction of sp³-hybridized carbons (Fsp3) is 0.0667. The van der Waals surface area contributed by atoms with Crippen molar-refractivity contribution in [2.45, 2.75) is 6.04 Å². The predicted octanol–water partition coefficient (Wildman–Crippen LogP) is 3.96. The number of carbonyl (C=O) groups is 1. The van der Waals surface area contributed by atoms with Crippen LogP contribution < -0.4 is 5.32 Å². The van der Waals surface area contributed by atoms with Gasteiger partial charge in [-0.3, -0.25) is 4.79 Å². The van der Waals surface area contributed by atoms with Crippen LogP contribution in [0.25, 0.3) is 9.40 Å². The lowest BCUT2D eigenvalue weighted by Gasteiger charge is -2.10. The van der Waals surface area contributed by atoms with E-state index in [4.69, 9.17) is 0 Å². The van der Waals surface area contributed by atoms with Crippen molar-refractivity contribution in [3.05, 3.63) is 58.3 Å². The summed E-state index contributed by atoms with van der Waals surface area (Å²) in [6, 6.07) is 14.6. The molecule has 0 aliphatic heterocycles. The van der Waals surface area contributed by atoms with Crippen LogP contribution in [-0.4, -0.2) is 5.91 Å². The van der Waals surface area contributed by atoms with Crippen LogP contribution >= 0.6 is 22.7 Å². The molecule has 1 N–H and O–H groups in total. The molecule has 0 aliphatic rings. The summed E-state index contributed by atoms with van der Waals surface area (Å²) in [6.07, 6.45) is 0. The number of nitrogens with zero attached hydrogens (tertiary/aromatic N) is 1. The lowest BCUT2D eigenvalue weighted by molar-refractivity contribution is 0.0949. The number of nitriles is 1. The third-order valence-electron chi connectivity index (χ3n) is 2.90. The molecule has 1 aromatic carbocycles. The fourth-order valence-corrected chi connectivity index (χ4v) is 3.93. The van der Waals surface area contributed by atoms with E-state index in [1.807, 2.05) is 47.8 Å². The van der Waals surface area contributed by atoms with Crippen molar-refractivity contribution in [1.82, 2.24) is 5.32 Å². The van der Waals surface area contributed by atoms with Gasteiger partial charge in [0.15, 0.2) is 0 Å². The molecule has 3 aromatic rings. The molecule has 98 valence electrons. The molecule has 2 heterocycles. The molecule has 1 amide bonds. The van der Waals surface area contributed by atoms with E-state index < -0.39 is 6.04 Å². The number of carbonyl (C=O) groups excluding carboxylic acids is 1. The topological polar surface area (TPSA) is 52.9 Å². The molecule has 0 bridgehead atoms. The summed E-state index contributed by atoms with van der Waals surface area (Å²) in [5.74, 6) is -0.200. The normalized spacial score (nSPS) is 11.9. The van der Waals surface area contributed by atoms with Gasteiger partial charge in [-0.15, -0.1) is 22.7 Å². The van der Waals surface area contributed by atoms with Gasteiger partial charge in [-0.2, -0.15) is 5.26 Å². The highest BCUT2D eigenvalue weighted by Crippen LogP contribution is 2.30. The standard InChI is InChI=1S/C15H10N2OS2/c16-9-11(10-4-2-1-3-5-10)17-15(18)14-8-13-12(20-14)6-7-19-13/h1-8,11H,(H,17,18).